The van der Waals surface area contributed by atoms with Crippen molar-refractivity contribution < 1.29 is 9.53 Å². The number of ether oxygens (including phenoxy) is 1. The molecule has 0 aliphatic heterocycles. The van der Waals surface area contributed by atoms with Crippen LogP contribution in [0.15, 0.2) is 48.5 Å². The predicted molar refractivity (Wildman–Crippen MR) is 94.9 cm³/mol. The molecule has 3 nitrogen and oxygen atoms in total. The van der Waals surface area contributed by atoms with E-state index >= 15 is 0 Å². The Morgan fingerprint density at radius 2 is 1.74 bits per heavy atom. The normalized spacial score (nSPS) is 11.8. The number of benzene rings is 2. The van der Waals surface area contributed by atoms with Gasteiger partial charge in [-0.05, 0) is 56.0 Å². The van der Waals surface area contributed by atoms with Gasteiger partial charge in [-0.3, -0.25) is 4.79 Å². The van der Waals surface area contributed by atoms with E-state index in [1.54, 1.807) is 0 Å². The van der Waals surface area contributed by atoms with Gasteiger partial charge in [-0.1, -0.05) is 36.8 Å². The van der Waals surface area contributed by atoms with Crippen molar-refractivity contribution in [3.63, 3.8) is 0 Å². The van der Waals surface area contributed by atoms with E-state index in [-0.39, 0.29) is 5.91 Å². The fraction of sp³-hybridized carbons (Fsp3) is 0.350. The highest BCUT2D eigenvalue weighted by molar-refractivity contribution is 5.90. The summed E-state index contributed by atoms with van der Waals surface area (Å²) in [6, 6.07) is 16.0. The molecule has 0 fully saturated rings. The molecule has 1 atom stereocenters. The summed E-state index contributed by atoms with van der Waals surface area (Å²) in [5, 5.41) is 2.94. The first kappa shape index (κ1) is 17.1. The first-order valence-corrected chi connectivity index (χ1v) is 8.15. The molecule has 0 radical (unpaired) electrons. The minimum absolute atomic E-state index is 0.0498. The molecule has 2 aromatic rings. The van der Waals surface area contributed by atoms with E-state index in [1.807, 2.05) is 31.2 Å². The molecule has 0 bridgehead atoms. The van der Waals surface area contributed by atoms with Crippen LogP contribution in [0.1, 0.15) is 31.4 Å². The average molecular weight is 311 g/mol. The largest absolute Gasteiger partial charge is 0.494 e. The van der Waals surface area contributed by atoms with Crippen molar-refractivity contribution in [1.82, 2.24) is 0 Å². The summed E-state index contributed by atoms with van der Waals surface area (Å²) in [6.07, 6.45) is 1.43. The fourth-order valence-electron chi connectivity index (χ4n) is 2.53. The summed E-state index contributed by atoms with van der Waals surface area (Å²) in [6.45, 7) is 6.78. The second kappa shape index (κ2) is 8.37. The fourth-order valence-corrected chi connectivity index (χ4v) is 2.53. The maximum absolute atomic E-state index is 12.1. The number of hydrogen-bond acceptors (Lipinski definition) is 2. The van der Waals surface area contributed by atoms with Gasteiger partial charge in [0.15, 0.2) is 0 Å². The van der Waals surface area contributed by atoms with Crippen LogP contribution in [-0.4, -0.2) is 12.5 Å². The van der Waals surface area contributed by atoms with Crippen LogP contribution in [0.2, 0.25) is 0 Å². The van der Waals surface area contributed by atoms with Crippen LogP contribution in [0.5, 0.6) is 5.75 Å². The van der Waals surface area contributed by atoms with Crippen LogP contribution in [0.25, 0.3) is 0 Å². The minimum Gasteiger partial charge on any atom is -0.494 e. The number of anilines is 1. The number of rotatable bonds is 7. The average Bonchev–Trinajstić information content (AvgIpc) is 2.51. The van der Waals surface area contributed by atoms with E-state index in [4.69, 9.17) is 4.74 Å². The maximum atomic E-state index is 12.1. The zero-order valence-corrected chi connectivity index (χ0v) is 14.1. The first-order valence-electron chi connectivity index (χ1n) is 8.15. The number of nitrogens with one attached hydrogen (secondary N) is 1. The Bertz CT molecular complexity index is 617. The molecule has 23 heavy (non-hydrogen) atoms. The molecule has 0 aliphatic rings. The van der Waals surface area contributed by atoms with Gasteiger partial charge >= 0.3 is 0 Å². The van der Waals surface area contributed by atoms with Crippen molar-refractivity contribution in [2.75, 3.05) is 11.9 Å². The molecule has 122 valence electrons. The van der Waals surface area contributed by atoms with Crippen molar-refractivity contribution in [3.8, 4) is 5.75 Å². The van der Waals surface area contributed by atoms with Gasteiger partial charge < -0.3 is 10.1 Å². The van der Waals surface area contributed by atoms with Gasteiger partial charge in [0.05, 0.1) is 6.61 Å². The Morgan fingerprint density at radius 3 is 2.35 bits per heavy atom. The lowest BCUT2D eigenvalue weighted by molar-refractivity contribution is -0.116. The summed E-state index contributed by atoms with van der Waals surface area (Å²) in [4.78, 5) is 12.1. The molecule has 2 aromatic carbocycles. The standard InChI is InChI=1S/C20H25NO2/c1-4-23-19-11-9-18(10-12-19)21-20(22)14-16(3)13-17-7-5-15(2)6-8-17/h5-12,16H,4,13-14H2,1-3H3,(H,21,22)/t16-/m1/s1. The first-order chi connectivity index (χ1) is 11.1. The molecule has 0 saturated carbocycles. The van der Waals surface area contributed by atoms with Crippen LogP contribution in [-0.2, 0) is 11.2 Å². The molecule has 1 N–H and O–H groups in total. The summed E-state index contributed by atoms with van der Waals surface area (Å²) in [7, 11) is 0. The van der Waals surface area contributed by atoms with E-state index in [2.05, 4.69) is 43.4 Å². The molecular weight excluding hydrogens is 286 g/mol. The Morgan fingerprint density at radius 1 is 1.09 bits per heavy atom. The third-order valence-electron chi connectivity index (χ3n) is 3.69. The van der Waals surface area contributed by atoms with E-state index < -0.39 is 0 Å². The number of hydrogen-bond donors (Lipinski definition) is 1. The van der Waals surface area contributed by atoms with E-state index in [1.165, 1.54) is 11.1 Å². The van der Waals surface area contributed by atoms with Crippen LogP contribution in [0, 0.1) is 12.8 Å². The van der Waals surface area contributed by atoms with Crippen LogP contribution in [0.4, 0.5) is 5.69 Å². The van der Waals surface area contributed by atoms with Gasteiger partial charge in [-0.15, -0.1) is 0 Å². The Kier molecular flexibility index (Phi) is 6.21. The summed E-state index contributed by atoms with van der Waals surface area (Å²) >= 11 is 0. The lowest BCUT2D eigenvalue weighted by Crippen LogP contribution is -2.16. The lowest BCUT2D eigenvalue weighted by atomic mass is 9.97. The van der Waals surface area contributed by atoms with Gasteiger partial charge in [0.25, 0.3) is 0 Å². The van der Waals surface area contributed by atoms with Gasteiger partial charge in [-0.25, -0.2) is 0 Å². The second-order valence-corrected chi connectivity index (χ2v) is 6.00. The Balaban J connectivity index is 1.82. The molecule has 0 aliphatic carbocycles. The van der Waals surface area contributed by atoms with Crippen LogP contribution in [0.3, 0.4) is 0 Å². The van der Waals surface area contributed by atoms with Gasteiger partial charge in [0.2, 0.25) is 5.91 Å². The number of carbonyl (C=O) groups is 1. The molecule has 0 unspecified atom stereocenters. The summed E-state index contributed by atoms with van der Waals surface area (Å²) in [5.41, 5.74) is 3.34. The quantitative estimate of drug-likeness (QED) is 0.811. The van der Waals surface area contributed by atoms with Gasteiger partial charge in [-0.2, -0.15) is 0 Å². The van der Waals surface area contributed by atoms with Gasteiger partial charge in [0.1, 0.15) is 5.75 Å². The SMILES string of the molecule is CCOc1ccc(NC(=O)C[C@H](C)Cc2ccc(C)cc2)cc1. The summed E-state index contributed by atoms with van der Waals surface area (Å²) in [5.74, 6) is 1.17. The third kappa shape index (κ3) is 5.78. The number of carbonyl (C=O) groups excluding carboxylic acids is 1. The minimum atomic E-state index is 0.0498. The van der Waals surface area contributed by atoms with Crippen molar-refractivity contribution in [1.29, 1.82) is 0 Å². The molecule has 2 rings (SSSR count). The molecular formula is C20H25NO2. The zero-order chi connectivity index (χ0) is 16.7. The molecule has 1 amide bonds. The van der Waals surface area contributed by atoms with E-state index in [0.29, 0.717) is 18.9 Å². The van der Waals surface area contributed by atoms with Crippen LogP contribution >= 0.6 is 0 Å². The van der Waals surface area contributed by atoms with Gasteiger partial charge in [0, 0.05) is 12.1 Å². The monoisotopic (exact) mass is 311 g/mol. The third-order valence-corrected chi connectivity index (χ3v) is 3.69. The van der Waals surface area contributed by atoms with Crippen molar-refractivity contribution in [3.05, 3.63) is 59.7 Å². The highest BCUT2D eigenvalue weighted by Gasteiger charge is 2.10. The Labute approximate surface area is 138 Å². The van der Waals surface area contributed by atoms with E-state index in [0.717, 1.165) is 17.9 Å². The summed E-state index contributed by atoms with van der Waals surface area (Å²) < 4.78 is 5.39. The van der Waals surface area contributed by atoms with Crippen LogP contribution < -0.4 is 10.1 Å². The topological polar surface area (TPSA) is 38.3 Å². The Hall–Kier alpha value is -2.29. The maximum Gasteiger partial charge on any atom is 0.224 e. The highest BCUT2D eigenvalue weighted by atomic mass is 16.5. The molecule has 3 heteroatoms. The molecule has 0 spiro atoms. The van der Waals surface area contributed by atoms with Crippen molar-refractivity contribution in [2.45, 2.75) is 33.6 Å². The molecule has 0 heterocycles. The smallest absolute Gasteiger partial charge is 0.224 e. The second-order valence-electron chi connectivity index (χ2n) is 6.00. The van der Waals surface area contributed by atoms with Crippen molar-refractivity contribution in [2.24, 2.45) is 5.92 Å². The molecule has 0 saturated heterocycles. The highest BCUT2D eigenvalue weighted by Crippen LogP contribution is 2.17. The number of aryl methyl sites for hydroxylation is 1. The molecule has 0 aromatic heterocycles. The predicted octanol–water partition coefficient (Wildman–Crippen LogP) is 4.60. The lowest BCUT2D eigenvalue weighted by Gasteiger charge is -2.12. The van der Waals surface area contributed by atoms with Crippen molar-refractivity contribution >= 4 is 11.6 Å². The van der Waals surface area contributed by atoms with E-state index in [9.17, 15) is 4.79 Å². The number of amides is 1. The zero-order valence-electron chi connectivity index (χ0n) is 14.1.